The molecular formula is C41H46Cl2F2N2O10. The van der Waals surface area contributed by atoms with Gasteiger partial charge in [-0.25, -0.2) is 18.4 Å². The molecule has 3 aromatic rings. The van der Waals surface area contributed by atoms with Crippen LogP contribution in [-0.4, -0.2) is 78.7 Å². The first-order valence-electron chi connectivity index (χ1n) is 18.1. The first kappa shape index (κ1) is 45.2. The molecule has 0 saturated heterocycles. The second-order valence-electron chi connectivity index (χ2n) is 14.4. The molecule has 0 aromatic heterocycles. The van der Waals surface area contributed by atoms with E-state index in [0.29, 0.717) is 32.8 Å². The molecule has 12 nitrogen and oxygen atoms in total. The minimum Gasteiger partial charge on any atom is -0.495 e. The van der Waals surface area contributed by atoms with Gasteiger partial charge in [-0.05, 0) is 66.1 Å². The van der Waals surface area contributed by atoms with Crippen LogP contribution in [0.15, 0.2) is 54.6 Å². The highest BCUT2D eigenvalue weighted by molar-refractivity contribution is 6.31. The van der Waals surface area contributed by atoms with Gasteiger partial charge in [-0.2, -0.15) is 5.26 Å². The number of ether oxygens (including phenoxy) is 7. The maximum absolute atomic E-state index is 16.1. The number of nitriles is 1. The van der Waals surface area contributed by atoms with Crippen LogP contribution in [0.4, 0.5) is 19.3 Å². The molecule has 16 heteroatoms. The second-order valence-corrected chi connectivity index (χ2v) is 15.3. The van der Waals surface area contributed by atoms with Crippen LogP contribution < -0.4 is 10.1 Å². The largest absolute Gasteiger partial charge is 0.511 e. The van der Waals surface area contributed by atoms with E-state index in [9.17, 15) is 19.6 Å². The highest BCUT2D eigenvalue weighted by Crippen LogP contribution is 2.61. The molecule has 0 aliphatic heterocycles. The molecule has 4 rings (SSSR count). The standard InChI is InChI=1S/C41H46Cl2F2N2O10/c1-40(2,3)22-26-20-29(35(28-7-6-8-31(43)36(28)45)41(26,23-46)30-11-10-27(42)21-32(30)44)37(48)47-33-12-9-25(19-34(33)52-5)38(49)56-24-57-39(50)55-18-17-54-16-15-53-14-13-51-4/h6-12,19,21,26,29,35H,13-18,20,22,24H2,1-5H3,(H,47,48)/t26-,29+,35-,41+/m0/s1. The summed E-state index contributed by atoms with van der Waals surface area (Å²) in [6, 6.07) is 14.7. The van der Waals surface area contributed by atoms with Gasteiger partial charge in [0.25, 0.3) is 0 Å². The fourth-order valence-corrected chi connectivity index (χ4v) is 7.49. The Morgan fingerprint density at radius 3 is 2.26 bits per heavy atom. The summed E-state index contributed by atoms with van der Waals surface area (Å²) < 4.78 is 67.6. The molecule has 1 amide bonds. The Morgan fingerprint density at radius 1 is 0.912 bits per heavy atom. The summed E-state index contributed by atoms with van der Waals surface area (Å²) in [7, 11) is 2.89. The number of nitrogens with one attached hydrogen (secondary N) is 1. The zero-order chi connectivity index (χ0) is 41.8. The lowest BCUT2D eigenvalue weighted by molar-refractivity contribution is -0.120. The summed E-state index contributed by atoms with van der Waals surface area (Å²) in [6.07, 6.45) is -0.611. The first-order chi connectivity index (χ1) is 27.2. The van der Waals surface area contributed by atoms with E-state index in [-0.39, 0.29) is 63.2 Å². The Labute approximate surface area is 340 Å². The van der Waals surface area contributed by atoms with Crippen LogP contribution in [0, 0.1) is 40.2 Å². The molecule has 308 valence electrons. The zero-order valence-corrected chi connectivity index (χ0v) is 33.8. The van der Waals surface area contributed by atoms with Gasteiger partial charge in [0, 0.05) is 29.5 Å². The zero-order valence-electron chi connectivity index (χ0n) is 32.3. The van der Waals surface area contributed by atoms with Gasteiger partial charge in [0.2, 0.25) is 12.7 Å². The molecule has 0 unspecified atom stereocenters. The van der Waals surface area contributed by atoms with Gasteiger partial charge in [-0.15, -0.1) is 0 Å². The van der Waals surface area contributed by atoms with E-state index in [4.69, 9.17) is 56.4 Å². The SMILES string of the molecule is COCCOCCOCCOC(=O)OCOC(=O)c1ccc(NC(=O)[C@@H]2C[C@@H](CC(C)(C)C)[C@](C#N)(c3ccc(Cl)cc3F)[C@H]2c2cccc(Cl)c2F)c(OC)c1. The molecule has 0 heterocycles. The molecular weight excluding hydrogens is 789 g/mol. The van der Waals surface area contributed by atoms with Crippen molar-refractivity contribution in [2.45, 2.75) is 44.9 Å². The summed E-state index contributed by atoms with van der Waals surface area (Å²) in [5.41, 5.74) is -1.99. The van der Waals surface area contributed by atoms with Crippen LogP contribution in [0.1, 0.15) is 61.0 Å². The number of esters is 1. The van der Waals surface area contributed by atoms with Crippen LogP contribution in [0.5, 0.6) is 5.75 Å². The van der Waals surface area contributed by atoms with Gasteiger partial charge < -0.3 is 38.5 Å². The number of carbonyl (C=O) groups excluding carboxylic acids is 3. The minimum absolute atomic E-state index is 0.00497. The van der Waals surface area contributed by atoms with Crippen molar-refractivity contribution in [1.82, 2.24) is 0 Å². The maximum Gasteiger partial charge on any atom is 0.511 e. The highest BCUT2D eigenvalue weighted by Gasteiger charge is 2.61. The molecule has 1 aliphatic carbocycles. The number of rotatable bonds is 18. The summed E-state index contributed by atoms with van der Waals surface area (Å²) in [6.45, 7) is 6.69. The topological polar surface area (TPSA) is 152 Å². The van der Waals surface area contributed by atoms with Gasteiger partial charge in [0.1, 0.15) is 24.0 Å². The average Bonchev–Trinajstić information content (AvgIpc) is 3.48. The molecule has 0 spiro atoms. The van der Waals surface area contributed by atoms with Gasteiger partial charge in [-0.1, -0.05) is 62.2 Å². The highest BCUT2D eigenvalue weighted by atomic mass is 35.5. The van der Waals surface area contributed by atoms with Crippen molar-refractivity contribution in [3.05, 3.63) is 93.0 Å². The predicted molar refractivity (Wildman–Crippen MR) is 206 cm³/mol. The number of benzene rings is 3. The molecule has 0 radical (unpaired) electrons. The first-order valence-corrected chi connectivity index (χ1v) is 18.8. The minimum atomic E-state index is -1.73. The van der Waals surface area contributed by atoms with E-state index in [1.807, 2.05) is 20.8 Å². The van der Waals surface area contributed by atoms with Gasteiger partial charge in [0.05, 0.1) is 67.9 Å². The Bertz CT molecular complexity index is 1920. The van der Waals surface area contributed by atoms with E-state index in [0.717, 1.165) is 6.07 Å². The van der Waals surface area contributed by atoms with Crippen molar-refractivity contribution in [1.29, 1.82) is 5.26 Å². The third-order valence-electron chi connectivity index (χ3n) is 9.46. The van der Waals surface area contributed by atoms with Gasteiger partial charge in [-0.3, -0.25) is 4.79 Å². The van der Waals surface area contributed by atoms with Gasteiger partial charge in [0.15, 0.2) is 0 Å². The number of nitrogens with zero attached hydrogens (tertiary/aromatic N) is 1. The third kappa shape index (κ3) is 11.5. The lowest BCUT2D eigenvalue weighted by atomic mass is 9.62. The monoisotopic (exact) mass is 834 g/mol. The number of hydrogen-bond donors (Lipinski definition) is 1. The molecule has 1 fully saturated rings. The predicted octanol–water partition coefficient (Wildman–Crippen LogP) is 8.48. The average molecular weight is 836 g/mol. The number of amides is 1. The van der Waals surface area contributed by atoms with Crippen LogP contribution >= 0.6 is 23.2 Å². The molecule has 1 N–H and O–H groups in total. The van der Waals surface area contributed by atoms with Gasteiger partial charge >= 0.3 is 12.1 Å². The lowest BCUT2D eigenvalue weighted by Crippen LogP contribution is -2.39. The van der Waals surface area contributed by atoms with Crippen LogP contribution in [-0.2, 0) is 38.6 Å². The quantitative estimate of drug-likeness (QED) is 0.0746. The molecule has 3 aromatic carbocycles. The summed E-state index contributed by atoms with van der Waals surface area (Å²) in [5.74, 6) is -5.90. The second kappa shape index (κ2) is 20.8. The molecule has 57 heavy (non-hydrogen) atoms. The summed E-state index contributed by atoms with van der Waals surface area (Å²) >= 11 is 12.4. The van der Waals surface area contributed by atoms with Crippen molar-refractivity contribution in [2.24, 2.45) is 17.3 Å². The Kier molecular flexibility index (Phi) is 16.5. The molecule has 1 aliphatic rings. The van der Waals surface area contributed by atoms with E-state index in [2.05, 4.69) is 11.4 Å². The fourth-order valence-electron chi connectivity index (χ4n) is 7.15. The van der Waals surface area contributed by atoms with Crippen molar-refractivity contribution in [3.63, 3.8) is 0 Å². The number of hydrogen-bond acceptors (Lipinski definition) is 11. The number of anilines is 1. The van der Waals surface area contributed by atoms with Crippen molar-refractivity contribution < 1.29 is 56.3 Å². The number of halogens is 4. The number of carbonyl (C=O) groups is 3. The summed E-state index contributed by atoms with van der Waals surface area (Å²) in [4.78, 5) is 39.1. The lowest BCUT2D eigenvalue weighted by Gasteiger charge is -2.38. The smallest absolute Gasteiger partial charge is 0.495 e. The Balaban J connectivity index is 1.51. The Morgan fingerprint density at radius 2 is 1.61 bits per heavy atom. The van der Waals surface area contributed by atoms with E-state index >= 15 is 8.78 Å². The van der Waals surface area contributed by atoms with Crippen molar-refractivity contribution >= 4 is 46.9 Å². The van der Waals surface area contributed by atoms with Crippen molar-refractivity contribution in [2.75, 3.05) is 66.0 Å². The van der Waals surface area contributed by atoms with E-state index < -0.39 is 59.6 Å². The normalized spacial score (nSPS) is 19.1. The summed E-state index contributed by atoms with van der Waals surface area (Å²) in [5, 5.41) is 13.8. The third-order valence-corrected chi connectivity index (χ3v) is 9.99. The Hall–Kier alpha value is -4.52. The molecule has 1 saturated carbocycles. The molecule has 4 atom stereocenters. The fraction of sp³-hybridized carbons (Fsp3) is 0.463. The maximum atomic E-state index is 16.1. The van der Waals surface area contributed by atoms with E-state index in [1.165, 1.54) is 55.6 Å². The molecule has 0 bridgehead atoms. The number of methoxy groups -OCH3 is 2. The van der Waals surface area contributed by atoms with Crippen LogP contribution in [0.25, 0.3) is 0 Å². The van der Waals surface area contributed by atoms with Crippen LogP contribution in [0.2, 0.25) is 10.0 Å². The van der Waals surface area contributed by atoms with Crippen molar-refractivity contribution in [3.8, 4) is 11.8 Å². The van der Waals surface area contributed by atoms with Crippen LogP contribution in [0.3, 0.4) is 0 Å². The van der Waals surface area contributed by atoms with E-state index in [1.54, 1.807) is 7.11 Å².